The standard InChI is InChI=1S/C21H26N2O4/c1-21(2,3)15-7-9-16(10-8-15)23-19(24)13-22-20(25)14-6-11-17(26-4)18(12-14)27-5/h6-12H,13H2,1-5H3,(H,22,25)(H,23,24). The van der Waals surface area contributed by atoms with Gasteiger partial charge in [-0.3, -0.25) is 9.59 Å². The second kappa shape index (κ2) is 8.58. The van der Waals surface area contributed by atoms with Crippen molar-refractivity contribution in [1.82, 2.24) is 5.32 Å². The lowest BCUT2D eigenvalue weighted by molar-refractivity contribution is -0.115. The van der Waals surface area contributed by atoms with E-state index in [2.05, 4.69) is 31.4 Å². The first-order chi connectivity index (χ1) is 12.7. The van der Waals surface area contributed by atoms with E-state index in [9.17, 15) is 9.59 Å². The van der Waals surface area contributed by atoms with Crippen molar-refractivity contribution in [2.45, 2.75) is 26.2 Å². The van der Waals surface area contributed by atoms with Crippen LogP contribution in [0.2, 0.25) is 0 Å². The highest BCUT2D eigenvalue weighted by Crippen LogP contribution is 2.27. The van der Waals surface area contributed by atoms with E-state index in [1.165, 1.54) is 19.8 Å². The van der Waals surface area contributed by atoms with Crippen LogP contribution in [0.1, 0.15) is 36.7 Å². The van der Waals surface area contributed by atoms with Crippen LogP contribution in [0.4, 0.5) is 5.69 Å². The average Bonchev–Trinajstić information content (AvgIpc) is 2.65. The van der Waals surface area contributed by atoms with E-state index in [0.29, 0.717) is 22.7 Å². The number of methoxy groups -OCH3 is 2. The molecule has 0 heterocycles. The first kappa shape index (κ1) is 20.3. The number of hydrogen-bond acceptors (Lipinski definition) is 4. The highest BCUT2D eigenvalue weighted by atomic mass is 16.5. The molecule has 0 saturated carbocycles. The number of carbonyl (C=O) groups excluding carboxylic acids is 2. The molecule has 144 valence electrons. The Morgan fingerprint density at radius 3 is 2.11 bits per heavy atom. The minimum absolute atomic E-state index is 0.0515. The average molecular weight is 370 g/mol. The fraction of sp³-hybridized carbons (Fsp3) is 0.333. The van der Waals surface area contributed by atoms with Gasteiger partial charge in [0.2, 0.25) is 5.91 Å². The molecule has 0 atom stereocenters. The number of hydrogen-bond donors (Lipinski definition) is 2. The Morgan fingerprint density at radius 2 is 1.56 bits per heavy atom. The predicted octanol–water partition coefficient (Wildman–Crippen LogP) is 3.37. The number of ether oxygens (including phenoxy) is 2. The summed E-state index contributed by atoms with van der Waals surface area (Å²) in [5.74, 6) is 0.320. The third-order valence-corrected chi connectivity index (χ3v) is 4.09. The molecule has 0 unspecified atom stereocenters. The minimum Gasteiger partial charge on any atom is -0.493 e. The third-order valence-electron chi connectivity index (χ3n) is 4.09. The Bertz CT molecular complexity index is 808. The van der Waals surface area contributed by atoms with Crippen molar-refractivity contribution in [3.05, 3.63) is 53.6 Å². The third kappa shape index (κ3) is 5.48. The maximum atomic E-state index is 12.2. The first-order valence-electron chi connectivity index (χ1n) is 8.65. The summed E-state index contributed by atoms with van der Waals surface area (Å²) in [5, 5.41) is 5.37. The second-order valence-electron chi connectivity index (χ2n) is 7.13. The van der Waals surface area contributed by atoms with Gasteiger partial charge in [0.1, 0.15) is 0 Å². The summed E-state index contributed by atoms with van der Waals surface area (Å²) in [7, 11) is 3.02. The highest BCUT2D eigenvalue weighted by molar-refractivity contribution is 5.99. The molecule has 0 fully saturated rings. The molecule has 2 N–H and O–H groups in total. The topological polar surface area (TPSA) is 76.7 Å². The fourth-order valence-electron chi connectivity index (χ4n) is 2.50. The molecule has 2 aromatic carbocycles. The Kier molecular flexibility index (Phi) is 6.45. The van der Waals surface area contributed by atoms with Crippen LogP contribution < -0.4 is 20.1 Å². The molecule has 2 rings (SSSR count). The van der Waals surface area contributed by atoms with Gasteiger partial charge < -0.3 is 20.1 Å². The fourth-order valence-corrected chi connectivity index (χ4v) is 2.50. The van der Waals surface area contributed by atoms with Crippen LogP contribution in [0.15, 0.2) is 42.5 Å². The van der Waals surface area contributed by atoms with Gasteiger partial charge in [-0.25, -0.2) is 0 Å². The largest absolute Gasteiger partial charge is 0.493 e. The van der Waals surface area contributed by atoms with Crippen LogP contribution in [0, 0.1) is 0 Å². The predicted molar refractivity (Wildman–Crippen MR) is 106 cm³/mol. The number of benzene rings is 2. The molecule has 27 heavy (non-hydrogen) atoms. The Balaban J connectivity index is 1.92. The summed E-state index contributed by atoms with van der Waals surface area (Å²) >= 11 is 0. The van der Waals surface area contributed by atoms with Gasteiger partial charge in [-0.15, -0.1) is 0 Å². The van der Waals surface area contributed by atoms with E-state index in [1.807, 2.05) is 24.3 Å². The van der Waals surface area contributed by atoms with E-state index in [0.717, 1.165) is 0 Å². The molecule has 0 aliphatic rings. The second-order valence-corrected chi connectivity index (χ2v) is 7.13. The van der Waals surface area contributed by atoms with Crippen molar-refractivity contribution in [1.29, 1.82) is 0 Å². The first-order valence-corrected chi connectivity index (χ1v) is 8.65. The lowest BCUT2D eigenvalue weighted by Crippen LogP contribution is -2.32. The van der Waals surface area contributed by atoms with Crippen molar-refractivity contribution in [2.75, 3.05) is 26.1 Å². The molecule has 0 aromatic heterocycles. The van der Waals surface area contributed by atoms with Gasteiger partial charge in [-0.1, -0.05) is 32.9 Å². The molecule has 6 heteroatoms. The van der Waals surface area contributed by atoms with Crippen molar-refractivity contribution in [2.24, 2.45) is 0 Å². The van der Waals surface area contributed by atoms with E-state index < -0.39 is 0 Å². The number of nitrogens with one attached hydrogen (secondary N) is 2. The molecule has 0 spiro atoms. The van der Waals surface area contributed by atoms with Gasteiger partial charge in [0, 0.05) is 11.3 Å². The van der Waals surface area contributed by atoms with Crippen LogP contribution in [0.25, 0.3) is 0 Å². The van der Waals surface area contributed by atoms with Crippen molar-refractivity contribution >= 4 is 17.5 Å². The molecule has 2 amide bonds. The van der Waals surface area contributed by atoms with Crippen molar-refractivity contribution < 1.29 is 19.1 Å². The lowest BCUT2D eigenvalue weighted by Gasteiger charge is -2.19. The molecule has 0 radical (unpaired) electrons. The number of carbonyl (C=O) groups is 2. The minimum atomic E-state index is -0.366. The van der Waals surface area contributed by atoms with Crippen LogP contribution in [-0.4, -0.2) is 32.6 Å². The maximum Gasteiger partial charge on any atom is 0.251 e. The summed E-state index contributed by atoms with van der Waals surface area (Å²) < 4.78 is 10.3. The summed E-state index contributed by atoms with van der Waals surface area (Å²) in [6.45, 7) is 6.26. The molecule has 0 aliphatic carbocycles. The van der Waals surface area contributed by atoms with Gasteiger partial charge in [0.05, 0.1) is 20.8 Å². The van der Waals surface area contributed by atoms with Gasteiger partial charge in [0.25, 0.3) is 5.91 Å². The Hall–Kier alpha value is -3.02. The molecule has 0 bridgehead atoms. The monoisotopic (exact) mass is 370 g/mol. The zero-order valence-corrected chi connectivity index (χ0v) is 16.4. The number of amides is 2. The summed E-state index contributed by atoms with van der Waals surface area (Å²) in [6.07, 6.45) is 0. The number of anilines is 1. The van der Waals surface area contributed by atoms with Crippen LogP contribution in [-0.2, 0) is 10.2 Å². The lowest BCUT2D eigenvalue weighted by atomic mass is 9.87. The maximum absolute atomic E-state index is 12.2. The molecule has 6 nitrogen and oxygen atoms in total. The normalized spacial score (nSPS) is 10.9. The zero-order chi connectivity index (χ0) is 20.0. The van der Waals surface area contributed by atoms with Gasteiger partial charge in [0.15, 0.2) is 11.5 Å². The molecular formula is C21H26N2O4. The van der Waals surface area contributed by atoms with Gasteiger partial charge in [-0.05, 0) is 41.3 Å². The molecule has 2 aromatic rings. The molecule has 0 aliphatic heterocycles. The van der Waals surface area contributed by atoms with Crippen LogP contribution in [0.3, 0.4) is 0 Å². The van der Waals surface area contributed by atoms with E-state index in [-0.39, 0.29) is 23.8 Å². The highest BCUT2D eigenvalue weighted by Gasteiger charge is 2.14. The van der Waals surface area contributed by atoms with Gasteiger partial charge in [-0.2, -0.15) is 0 Å². The Morgan fingerprint density at radius 1 is 0.926 bits per heavy atom. The quantitative estimate of drug-likeness (QED) is 0.817. The summed E-state index contributed by atoms with van der Waals surface area (Å²) in [4.78, 5) is 24.3. The summed E-state index contributed by atoms with van der Waals surface area (Å²) in [6, 6.07) is 12.5. The zero-order valence-electron chi connectivity index (χ0n) is 16.4. The van der Waals surface area contributed by atoms with Crippen LogP contribution >= 0.6 is 0 Å². The summed E-state index contributed by atoms with van der Waals surface area (Å²) in [5.41, 5.74) is 2.31. The molecular weight excluding hydrogens is 344 g/mol. The SMILES string of the molecule is COc1ccc(C(=O)NCC(=O)Nc2ccc(C(C)(C)C)cc2)cc1OC. The van der Waals surface area contributed by atoms with E-state index in [1.54, 1.807) is 18.2 Å². The number of rotatable bonds is 6. The van der Waals surface area contributed by atoms with E-state index >= 15 is 0 Å². The smallest absolute Gasteiger partial charge is 0.251 e. The van der Waals surface area contributed by atoms with Crippen LogP contribution in [0.5, 0.6) is 11.5 Å². The van der Waals surface area contributed by atoms with Crippen molar-refractivity contribution in [3.8, 4) is 11.5 Å². The van der Waals surface area contributed by atoms with Crippen molar-refractivity contribution in [3.63, 3.8) is 0 Å². The van der Waals surface area contributed by atoms with Gasteiger partial charge >= 0.3 is 0 Å². The Labute approximate surface area is 159 Å². The van der Waals surface area contributed by atoms with E-state index in [4.69, 9.17) is 9.47 Å². The molecule has 0 saturated heterocycles.